The van der Waals surface area contributed by atoms with Crippen molar-refractivity contribution in [2.24, 2.45) is 4.99 Å². The second kappa shape index (κ2) is 9.97. The predicted octanol–water partition coefficient (Wildman–Crippen LogP) is 5.51. The van der Waals surface area contributed by atoms with Gasteiger partial charge in [-0.05, 0) is 54.1 Å². The third kappa shape index (κ3) is 5.36. The van der Waals surface area contributed by atoms with Crippen LogP contribution in [0.4, 0.5) is 15.8 Å². The van der Waals surface area contributed by atoms with Crippen LogP contribution in [0.25, 0.3) is 0 Å². The SMILES string of the molecule is O=C1C[C@H](SC(=NCc2ccc(Cl)cc2)Nc2ccccc2)C(=O)N1c1ccc(F)cc1. The maximum Gasteiger partial charge on any atom is 0.247 e. The van der Waals surface area contributed by atoms with Gasteiger partial charge in [0.2, 0.25) is 11.8 Å². The average Bonchev–Trinajstić information content (AvgIpc) is 3.07. The molecule has 1 fully saturated rings. The van der Waals surface area contributed by atoms with Crippen LogP contribution in [0, 0.1) is 5.82 Å². The van der Waals surface area contributed by atoms with E-state index in [0.29, 0.717) is 22.4 Å². The van der Waals surface area contributed by atoms with Crippen LogP contribution in [0.2, 0.25) is 5.02 Å². The zero-order chi connectivity index (χ0) is 22.5. The zero-order valence-electron chi connectivity index (χ0n) is 16.9. The summed E-state index contributed by atoms with van der Waals surface area (Å²) in [6, 6.07) is 22.2. The van der Waals surface area contributed by atoms with Crippen LogP contribution < -0.4 is 10.2 Å². The number of rotatable bonds is 5. The van der Waals surface area contributed by atoms with E-state index in [1.54, 1.807) is 12.1 Å². The Kier molecular flexibility index (Phi) is 6.87. The first-order valence-electron chi connectivity index (χ1n) is 9.89. The van der Waals surface area contributed by atoms with E-state index in [1.807, 2.05) is 42.5 Å². The minimum atomic E-state index is -0.632. The molecule has 1 atom stereocenters. The van der Waals surface area contributed by atoms with E-state index in [-0.39, 0.29) is 18.2 Å². The number of imide groups is 1. The Morgan fingerprint density at radius 1 is 1.03 bits per heavy atom. The minimum absolute atomic E-state index is 0.0390. The van der Waals surface area contributed by atoms with Crippen molar-refractivity contribution in [3.05, 3.63) is 95.3 Å². The molecule has 0 radical (unpaired) electrons. The van der Waals surface area contributed by atoms with Gasteiger partial charge in [-0.1, -0.05) is 53.7 Å². The van der Waals surface area contributed by atoms with Gasteiger partial charge < -0.3 is 5.32 Å². The summed E-state index contributed by atoms with van der Waals surface area (Å²) in [4.78, 5) is 31.3. The first-order chi connectivity index (χ1) is 15.5. The summed E-state index contributed by atoms with van der Waals surface area (Å²) in [5.41, 5.74) is 2.14. The van der Waals surface area contributed by atoms with E-state index in [4.69, 9.17) is 11.6 Å². The Morgan fingerprint density at radius 2 is 1.72 bits per heavy atom. The maximum absolute atomic E-state index is 13.2. The Morgan fingerprint density at radius 3 is 2.41 bits per heavy atom. The highest BCUT2D eigenvalue weighted by Gasteiger charge is 2.40. The van der Waals surface area contributed by atoms with Crippen LogP contribution in [0.3, 0.4) is 0 Å². The van der Waals surface area contributed by atoms with E-state index < -0.39 is 11.1 Å². The van der Waals surface area contributed by atoms with Gasteiger partial charge >= 0.3 is 0 Å². The summed E-state index contributed by atoms with van der Waals surface area (Å²) in [5.74, 6) is -1.10. The highest BCUT2D eigenvalue weighted by Crippen LogP contribution is 2.31. The van der Waals surface area contributed by atoms with Gasteiger partial charge in [-0.2, -0.15) is 0 Å². The highest BCUT2D eigenvalue weighted by molar-refractivity contribution is 8.15. The van der Waals surface area contributed by atoms with Gasteiger partial charge in [0.15, 0.2) is 5.17 Å². The smallest absolute Gasteiger partial charge is 0.247 e. The first-order valence-corrected chi connectivity index (χ1v) is 11.2. The lowest BCUT2D eigenvalue weighted by Gasteiger charge is -2.16. The summed E-state index contributed by atoms with van der Waals surface area (Å²) in [6.45, 7) is 0.385. The molecule has 4 rings (SSSR count). The highest BCUT2D eigenvalue weighted by atomic mass is 35.5. The van der Waals surface area contributed by atoms with E-state index >= 15 is 0 Å². The number of carbonyl (C=O) groups is 2. The third-order valence-electron chi connectivity index (χ3n) is 4.79. The summed E-state index contributed by atoms with van der Waals surface area (Å²) >= 11 is 7.16. The number of nitrogens with zero attached hydrogens (tertiary/aromatic N) is 2. The number of aliphatic imine (C=N–C) groups is 1. The van der Waals surface area contributed by atoms with E-state index in [9.17, 15) is 14.0 Å². The van der Waals surface area contributed by atoms with Gasteiger partial charge in [-0.25, -0.2) is 9.29 Å². The molecule has 0 bridgehead atoms. The molecule has 32 heavy (non-hydrogen) atoms. The molecule has 0 aromatic heterocycles. The number of amidine groups is 1. The number of halogens is 2. The number of hydrogen-bond acceptors (Lipinski definition) is 4. The van der Waals surface area contributed by atoms with Gasteiger partial charge in [-0.3, -0.25) is 14.6 Å². The summed E-state index contributed by atoms with van der Waals surface area (Å²) in [5, 5.41) is 3.78. The van der Waals surface area contributed by atoms with E-state index in [0.717, 1.165) is 16.2 Å². The minimum Gasteiger partial charge on any atom is -0.335 e. The number of hydrogen-bond donors (Lipinski definition) is 1. The number of thioether (sulfide) groups is 1. The quantitative estimate of drug-likeness (QED) is 0.305. The van der Waals surface area contributed by atoms with Crippen molar-refractivity contribution in [2.45, 2.75) is 18.2 Å². The molecule has 3 aromatic rings. The number of amides is 2. The molecular formula is C24H19ClFN3O2S. The first kappa shape index (κ1) is 22.0. The normalized spacial score (nSPS) is 16.5. The van der Waals surface area contributed by atoms with Gasteiger partial charge in [-0.15, -0.1) is 0 Å². The van der Waals surface area contributed by atoms with Crippen LogP contribution in [0.5, 0.6) is 0 Å². The van der Waals surface area contributed by atoms with Crippen molar-refractivity contribution in [1.82, 2.24) is 0 Å². The fraction of sp³-hybridized carbons (Fsp3) is 0.125. The van der Waals surface area contributed by atoms with Gasteiger partial charge in [0.25, 0.3) is 0 Å². The predicted molar refractivity (Wildman–Crippen MR) is 128 cm³/mol. The lowest BCUT2D eigenvalue weighted by atomic mass is 10.2. The number of nitrogens with one attached hydrogen (secondary N) is 1. The molecule has 162 valence electrons. The molecule has 1 heterocycles. The van der Waals surface area contributed by atoms with Crippen molar-refractivity contribution < 1.29 is 14.0 Å². The van der Waals surface area contributed by atoms with Crippen molar-refractivity contribution in [3.8, 4) is 0 Å². The van der Waals surface area contributed by atoms with Gasteiger partial charge in [0, 0.05) is 17.1 Å². The summed E-state index contributed by atoms with van der Waals surface area (Å²) in [6.07, 6.45) is 0.0390. The fourth-order valence-corrected chi connectivity index (χ4v) is 4.34. The Bertz CT molecular complexity index is 1140. The average molecular weight is 468 g/mol. The maximum atomic E-state index is 13.2. The van der Waals surface area contributed by atoms with E-state index in [2.05, 4.69) is 10.3 Å². The molecule has 5 nitrogen and oxygen atoms in total. The molecule has 1 N–H and O–H groups in total. The van der Waals surface area contributed by atoms with Crippen molar-refractivity contribution >= 4 is 51.7 Å². The van der Waals surface area contributed by atoms with Gasteiger partial charge in [0.1, 0.15) is 11.1 Å². The lowest BCUT2D eigenvalue weighted by Crippen LogP contribution is -2.31. The molecule has 3 aromatic carbocycles. The van der Waals surface area contributed by atoms with Gasteiger partial charge in [0.05, 0.1) is 12.2 Å². The molecule has 0 aliphatic carbocycles. The zero-order valence-corrected chi connectivity index (χ0v) is 18.4. The Balaban J connectivity index is 1.53. The summed E-state index contributed by atoms with van der Waals surface area (Å²) < 4.78 is 13.2. The topological polar surface area (TPSA) is 61.8 Å². The largest absolute Gasteiger partial charge is 0.335 e. The molecule has 8 heteroatoms. The number of para-hydroxylation sites is 1. The van der Waals surface area contributed by atoms with Crippen LogP contribution in [0.1, 0.15) is 12.0 Å². The molecule has 0 spiro atoms. The fourth-order valence-electron chi connectivity index (χ4n) is 3.20. The Labute approximate surface area is 194 Å². The third-order valence-corrected chi connectivity index (χ3v) is 6.15. The van der Waals surface area contributed by atoms with E-state index in [1.165, 1.54) is 36.0 Å². The standard InChI is InChI=1S/C24H19ClFN3O2S/c25-17-8-6-16(7-9-17)15-27-24(28-19-4-2-1-3-5-19)32-21-14-22(30)29(23(21)31)20-12-10-18(26)11-13-20/h1-13,21H,14-15H2,(H,27,28)/t21-/m0/s1. The van der Waals surface area contributed by atoms with Crippen LogP contribution in [-0.4, -0.2) is 22.2 Å². The molecular weight excluding hydrogens is 449 g/mol. The second-order valence-electron chi connectivity index (χ2n) is 7.09. The van der Waals surface area contributed by atoms with Crippen LogP contribution in [-0.2, 0) is 16.1 Å². The van der Waals surface area contributed by atoms with Crippen LogP contribution in [0.15, 0.2) is 83.9 Å². The molecule has 2 amide bonds. The van der Waals surface area contributed by atoms with Crippen molar-refractivity contribution in [2.75, 3.05) is 10.2 Å². The monoisotopic (exact) mass is 467 g/mol. The molecule has 0 unspecified atom stereocenters. The van der Waals surface area contributed by atoms with Crippen molar-refractivity contribution in [1.29, 1.82) is 0 Å². The Hall–Kier alpha value is -3.16. The van der Waals surface area contributed by atoms with Crippen molar-refractivity contribution in [3.63, 3.8) is 0 Å². The number of carbonyl (C=O) groups excluding carboxylic acids is 2. The summed E-state index contributed by atoms with van der Waals surface area (Å²) in [7, 11) is 0. The molecule has 1 saturated heterocycles. The lowest BCUT2D eigenvalue weighted by molar-refractivity contribution is -0.121. The van der Waals surface area contributed by atoms with Crippen LogP contribution >= 0.6 is 23.4 Å². The molecule has 0 saturated carbocycles. The molecule has 1 aliphatic heterocycles. The second-order valence-corrected chi connectivity index (χ2v) is 8.72. The number of benzene rings is 3. The number of anilines is 2. The molecule has 1 aliphatic rings.